The lowest BCUT2D eigenvalue weighted by molar-refractivity contribution is -0.157. The predicted molar refractivity (Wildman–Crippen MR) is 150 cm³/mol. The number of carboxylic acids is 3. The van der Waals surface area contributed by atoms with Gasteiger partial charge in [-0.15, -0.1) is 0 Å². The Morgan fingerprint density at radius 2 is 1.42 bits per heavy atom. The molecule has 272 valence electrons. The number of nitrogens with zero attached hydrogens (tertiary/aromatic N) is 3. The minimum Gasteiger partial charge on any atom is -0.480 e. The summed E-state index contributed by atoms with van der Waals surface area (Å²) >= 11 is 0. The molecule has 0 saturated carbocycles. The lowest BCUT2D eigenvalue weighted by atomic mass is 10.2. The number of hydrogen-bond donors (Lipinski definition) is 8. The van der Waals surface area contributed by atoms with Gasteiger partial charge in [0.05, 0.1) is 38.9 Å². The molecule has 3 unspecified atom stereocenters. The summed E-state index contributed by atoms with van der Waals surface area (Å²) in [5, 5.41) is 27.3. The van der Waals surface area contributed by atoms with Gasteiger partial charge in [-0.05, 0) is 6.92 Å². The molecule has 2 rings (SSSR count). The summed E-state index contributed by atoms with van der Waals surface area (Å²) in [6.07, 6.45) is -3.83. The Labute approximate surface area is 267 Å². The number of carbonyl (C=O) groups excluding carboxylic acids is 1. The van der Waals surface area contributed by atoms with E-state index in [1.165, 1.54) is 6.92 Å². The van der Waals surface area contributed by atoms with E-state index in [1.54, 1.807) is 0 Å². The molecule has 25 nitrogen and oxygen atoms in total. The third-order valence-corrected chi connectivity index (χ3v) is 9.65. The fourth-order valence-electron chi connectivity index (χ4n) is 4.10. The third-order valence-electron chi connectivity index (χ3n) is 5.85. The van der Waals surface area contributed by atoms with Crippen LogP contribution in [0.3, 0.4) is 0 Å². The van der Waals surface area contributed by atoms with Gasteiger partial charge in [0, 0.05) is 31.3 Å². The van der Waals surface area contributed by atoms with E-state index in [4.69, 9.17) is 29.5 Å². The largest absolute Gasteiger partial charge is 0.490 e. The number of H-pyrrole nitrogens is 1. The first-order valence-electron chi connectivity index (χ1n) is 13.0. The van der Waals surface area contributed by atoms with Crippen molar-refractivity contribution in [3.8, 4) is 0 Å². The highest BCUT2D eigenvalue weighted by molar-refractivity contribution is 7.66. The van der Waals surface area contributed by atoms with Crippen LogP contribution >= 0.6 is 23.5 Å². The summed E-state index contributed by atoms with van der Waals surface area (Å²) in [5.74, 6) is -5.30. The number of aromatic nitrogens is 2. The van der Waals surface area contributed by atoms with Crippen molar-refractivity contribution in [1.29, 1.82) is 0 Å². The standard InChI is InChI=1S/C20H31N4O21P3/c1-11-5-24(20(33)21-18(11)32)19-13(4-12(42-19)10-41-47(37,38)45-48(39,40)44-46(34,35)36)43-17(31)9-23(8-16(29)30)3-2-22(6-14(25)26)7-15(27)28/h5,12-13,19H,2-4,6-10H2,1H3,(H,25,26)(H,27,28)(H,29,30)(H,37,38)(H,39,40)(H,21,32,33)(H2,34,35,36)/t12-,13?,19+/m0/s1. The van der Waals surface area contributed by atoms with Crippen LogP contribution in [-0.2, 0) is 55.5 Å². The number of esters is 1. The molecule has 0 amide bonds. The maximum atomic E-state index is 12.9. The maximum absolute atomic E-state index is 12.9. The first-order chi connectivity index (χ1) is 21.9. The Hall–Kier alpha value is -3.15. The van der Waals surface area contributed by atoms with E-state index in [1.807, 2.05) is 4.98 Å². The number of phosphoric acid groups is 3. The summed E-state index contributed by atoms with van der Waals surface area (Å²) in [6.45, 7) is -3.30. The van der Waals surface area contributed by atoms with Crippen molar-refractivity contribution >= 4 is 47.3 Å². The highest BCUT2D eigenvalue weighted by Gasteiger charge is 2.44. The van der Waals surface area contributed by atoms with Crippen LogP contribution in [0.2, 0.25) is 0 Å². The number of rotatable bonds is 20. The predicted octanol–water partition coefficient (Wildman–Crippen LogP) is -2.75. The molecule has 5 atom stereocenters. The number of nitrogens with one attached hydrogen (secondary N) is 1. The summed E-state index contributed by atoms with van der Waals surface area (Å²) in [5.41, 5.74) is -1.86. The molecule has 0 aliphatic carbocycles. The fraction of sp³-hybridized carbons (Fsp3) is 0.600. The lowest BCUT2D eigenvalue weighted by Gasteiger charge is -2.25. The zero-order valence-electron chi connectivity index (χ0n) is 24.5. The lowest BCUT2D eigenvalue weighted by Crippen LogP contribution is -2.44. The van der Waals surface area contributed by atoms with Crippen molar-refractivity contribution < 1.29 is 90.4 Å². The second-order valence-electron chi connectivity index (χ2n) is 9.88. The quantitative estimate of drug-likeness (QED) is 0.0493. The molecule has 2 heterocycles. The van der Waals surface area contributed by atoms with Gasteiger partial charge in [0.2, 0.25) is 0 Å². The van der Waals surface area contributed by atoms with E-state index in [-0.39, 0.29) is 18.7 Å². The van der Waals surface area contributed by atoms with Gasteiger partial charge in [0.15, 0.2) is 6.23 Å². The molecule has 0 bridgehead atoms. The first-order valence-corrected chi connectivity index (χ1v) is 17.5. The van der Waals surface area contributed by atoms with Gasteiger partial charge in [-0.25, -0.2) is 18.5 Å². The smallest absolute Gasteiger partial charge is 0.480 e. The third kappa shape index (κ3) is 14.5. The molecule has 1 fully saturated rings. The molecule has 28 heteroatoms. The zero-order chi connectivity index (χ0) is 36.6. The van der Waals surface area contributed by atoms with Crippen molar-refractivity contribution in [1.82, 2.24) is 19.4 Å². The van der Waals surface area contributed by atoms with E-state index >= 15 is 0 Å². The van der Waals surface area contributed by atoms with Crippen molar-refractivity contribution in [3.63, 3.8) is 0 Å². The van der Waals surface area contributed by atoms with Crippen LogP contribution in [0.25, 0.3) is 0 Å². The maximum Gasteiger partial charge on any atom is 0.490 e. The minimum atomic E-state index is -5.85. The molecule has 0 aromatic carbocycles. The van der Waals surface area contributed by atoms with Crippen molar-refractivity contribution in [2.45, 2.75) is 31.8 Å². The van der Waals surface area contributed by atoms with Crippen molar-refractivity contribution in [3.05, 3.63) is 32.6 Å². The summed E-state index contributed by atoms with van der Waals surface area (Å²) in [6, 6.07) is 0. The molecule has 1 aliphatic heterocycles. The van der Waals surface area contributed by atoms with E-state index in [2.05, 4.69) is 13.1 Å². The monoisotopic (exact) mass is 756 g/mol. The van der Waals surface area contributed by atoms with Crippen molar-refractivity contribution in [2.24, 2.45) is 0 Å². The van der Waals surface area contributed by atoms with Gasteiger partial charge in [-0.3, -0.25) is 47.8 Å². The number of ether oxygens (including phenoxy) is 2. The molecule has 1 aliphatic rings. The highest BCUT2D eigenvalue weighted by Crippen LogP contribution is 2.66. The molecule has 8 N–H and O–H groups in total. The van der Waals surface area contributed by atoms with Crippen LogP contribution in [0.4, 0.5) is 0 Å². The van der Waals surface area contributed by atoms with Gasteiger partial charge >= 0.3 is 53.0 Å². The summed E-state index contributed by atoms with van der Waals surface area (Å²) in [7, 11) is -17.1. The summed E-state index contributed by atoms with van der Waals surface area (Å²) in [4.78, 5) is 111. The van der Waals surface area contributed by atoms with Gasteiger partial charge in [0.25, 0.3) is 5.56 Å². The number of phosphoric ester groups is 1. The molecular weight excluding hydrogens is 725 g/mol. The highest BCUT2D eigenvalue weighted by atomic mass is 31.3. The molecule has 1 saturated heterocycles. The van der Waals surface area contributed by atoms with E-state index in [9.17, 15) is 57.4 Å². The Morgan fingerprint density at radius 3 is 1.92 bits per heavy atom. The Morgan fingerprint density at radius 1 is 0.896 bits per heavy atom. The Kier molecular flexibility index (Phi) is 14.5. The SMILES string of the molecule is Cc1cn([C@@H]2O[C@H](COP(=O)(O)OP(=O)(O)OP(=O)(O)O)CC2OC(=O)CN(CCN(CC(=O)O)CC(=O)O)CC(=O)O)c(=O)[nH]c1=O. The molecule has 0 spiro atoms. The zero-order valence-corrected chi connectivity index (χ0v) is 27.2. The van der Waals surface area contributed by atoms with Crippen molar-refractivity contribution in [2.75, 3.05) is 45.9 Å². The van der Waals surface area contributed by atoms with Gasteiger partial charge < -0.3 is 44.4 Å². The number of aromatic amines is 1. The van der Waals surface area contributed by atoms with Gasteiger partial charge in [-0.2, -0.15) is 8.62 Å². The number of hydrogen-bond acceptors (Lipinski definition) is 16. The number of carboxylic acid groups (broad SMARTS) is 3. The van der Waals surface area contributed by atoms with Crippen LogP contribution in [0.5, 0.6) is 0 Å². The average molecular weight is 756 g/mol. The van der Waals surface area contributed by atoms with Crippen LogP contribution in [-0.4, -0.2) is 136 Å². The minimum absolute atomic E-state index is 0.0140. The normalized spacial score (nSPS) is 20.7. The fourth-order valence-corrected chi connectivity index (χ4v) is 7.15. The number of carbonyl (C=O) groups is 4. The Balaban J connectivity index is 2.23. The molecule has 48 heavy (non-hydrogen) atoms. The molecule has 0 radical (unpaired) electrons. The summed E-state index contributed by atoms with van der Waals surface area (Å²) < 4.78 is 58.1. The number of aryl methyl sites for hydroxylation is 1. The second-order valence-corrected chi connectivity index (χ2v) is 14.3. The Bertz CT molecular complexity index is 1610. The van der Waals surface area contributed by atoms with E-state index in [0.29, 0.717) is 0 Å². The van der Waals surface area contributed by atoms with Gasteiger partial charge in [-0.1, -0.05) is 0 Å². The van der Waals surface area contributed by atoms with Gasteiger partial charge in [0.1, 0.15) is 6.10 Å². The first kappa shape index (κ1) is 41.0. The van der Waals surface area contributed by atoms with Crippen LogP contribution in [0.1, 0.15) is 18.2 Å². The van der Waals surface area contributed by atoms with Crippen LogP contribution < -0.4 is 11.2 Å². The topological polar surface area (TPSA) is 369 Å². The van der Waals surface area contributed by atoms with Crippen LogP contribution in [0, 0.1) is 6.92 Å². The molecule has 1 aromatic heterocycles. The molecule has 1 aromatic rings. The van der Waals surface area contributed by atoms with Crippen LogP contribution in [0.15, 0.2) is 15.8 Å². The molecular formula is C20H31N4O21P3. The second kappa shape index (κ2) is 17.0. The van der Waals surface area contributed by atoms with E-state index in [0.717, 1.165) is 20.6 Å². The average Bonchev–Trinajstić information content (AvgIpc) is 3.27. The van der Waals surface area contributed by atoms with E-state index < -0.39 is 116 Å². The number of aliphatic carboxylic acids is 3.